The highest BCUT2D eigenvalue weighted by Gasteiger charge is 1.99. The molecule has 3 heteroatoms. The van der Waals surface area contributed by atoms with Crippen molar-refractivity contribution in [2.75, 3.05) is 11.9 Å². The number of hydrogen-bond donors (Lipinski definition) is 1. The summed E-state index contributed by atoms with van der Waals surface area (Å²) >= 11 is 0. The highest BCUT2D eigenvalue weighted by Crippen LogP contribution is 2.08. The third kappa shape index (κ3) is 4.69. The second-order valence-electron chi connectivity index (χ2n) is 4.51. The van der Waals surface area contributed by atoms with E-state index in [2.05, 4.69) is 17.2 Å². The maximum absolute atomic E-state index is 4.41. The molecule has 1 rings (SSSR count). The molecular formula is C13H25N3. The Morgan fingerprint density at radius 2 is 1.88 bits per heavy atom. The minimum absolute atomic E-state index is 0.992. The third-order valence-corrected chi connectivity index (χ3v) is 2.81. The van der Waals surface area contributed by atoms with E-state index in [1.807, 2.05) is 24.7 Å². The van der Waals surface area contributed by atoms with Gasteiger partial charge in [-0.05, 0) is 13.3 Å². The first-order chi connectivity index (χ1) is 7.74. The number of unbranched alkanes of at least 4 members (excludes halogenated alkanes) is 5. The number of rotatable bonds is 8. The van der Waals surface area contributed by atoms with E-state index >= 15 is 0 Å². The molecule has 92 valence electrons. The summed E-state index contributed by atoms with van der Waals surface area (Å²) in [6.45, 7) is 5.32. The molecule has 1 aromatic rings. The Morgan fingerprint density at radius 3 is 2.50 bits per heavy atom. The number of aromatic nitrogens is 2. The molecule has 0 bridgehead atoms. The van der Waals surface area contributed by atoms with E-state index in [0.717, 1.165) is 18.2 Å². The number of imidazole rings is 1. The standard InChI is InChI=1S/C13H25N3/c1-4-5-6-7-8-9-10-14-13-15-12(2)11-16(13)3/h11H,4-10H2,1-3H3,(H,14,15). The highest BCUT2D eigenvalue weighted by atomic mass is 15.2. The van der Waals surface area contributed by atoms with Crippen molar-refractivity contribution in [3.63, 3.8) is 0 Å². The van der Waals surface area contributed by atoms with Crippen LogP contribution in [0.2, 0.25) is 0 Å². The van der Waals surface area contributed by atoms with Crippen LogP contribution >= 0.6 is 0 Å². The predicted molar refractivity (Wildman–Crippen MR) is 69.8 cm³/mol. The van der Waals surface area contributed by atoms with Gasteiger partial charge in [0.05, 0.1) is 5.69 Å². The lowest BCUT2D eigenvalue weighted by molar-refractivity contribution is 0.616. The van der Waals surface area contributed by atoms with Crippen molar-refractivity contribution in [2.24, 2.45) is 7.05 Å². The topological polar surface area (TPSA) is 29.9 Å². The van der Waals surface area contributed by atoms with E-state index in [4.69, 9.17) is 0 Å². The van der Waals surface area contributed by atoms with Gasteiger partial charge in [-0.2, -0.15) is 0 Å². The van der Waals surface area contributed by atoms with Crippen molar-refractivity contribution in [1.82, 2.24) is 9.55 Å². The van der Waals surface area contributed by atoms with Crippen LogP contribution in [0.15, 0.2) is 6.20 Å². The fraction of sp³-hybridized carbons (Fsp3) is 0.769. The van der Waals surface area contributed by atoms with Crippen LogP contribution in [-0.4, -0.2) is 16.1 Å². The first-order valence-electron chi connectivity index (χ1n) is 6.48. The predicted octanol–water partition coefficient (Wildman–Crippen LogP) is 3.50. The molecule has 1 N–H and O–H groups in total. The van der Waals surface area contributed by atoms with Crippen LogP contribution in [0.25, 0.3) is 0 Å². The minimum Gasteiger partial charge on any atom is -0.356 e. The fourth-order valence-corrected chi connectivity index (χ4v) is 1.89. The summed E-state index contributed by atoms with van der Waals surface area (Å²) in [5.74, 6) is 0.992. The number of hydrogen-bond acceptors (Lipinski definition) is 2. The lowest BCUT2D eigenvalue weighted by Crippen LogP contribution is -2.06. The van der Waals surface area contributed by atoms with Crippen LogP contribution < -0.4 is 5.32 Å². The summed E-state index contributed by atoms with van der Waals surface area (Å²) in [4.78, 5) is 4.41. The van der Waals surface area contributed by atoms with Gasteiger partial charge in [0, 0.05) is 19.8 Å². The number of anilines is 1. The fourth-order valence-electron chi connectivity index (χ4n) is 1.89. The lowest BCUT2D eigenvalue weighted by Gasteiger charge is -2.05. The normalized spacial score (nSPS) is 10.7. The van der Waals surface area contributed by atoms with Crippen LogP contribution in [0.5, 0.6) is 0 Å². The van der Waals surface area contributed by atoms with E-state index in [1.165, 1.54) is 38.5 Å². The molecule has 1 heterocycles. The molecule has 0 amide bonds. The molecule has 0 aliphatic heterocycles. The minimum atomic E-state index is 0.992. The molecule has 0 aromatic carbocycles. The van der Waals surface area contributed by atoms with Crippen molar-refractivity contribution < 1.29 is 0 Å². The van der Waals surface area contributed by atoms with Crippen molar-refractivity contribution in [2.45, 2.75) is 52.4 Å². The van der Waals surface area contributed by atoms with Crippen molar-refractivity contribution in [1.29, 1.82) is 0 Å². The molecule has 16 heavy (non-hydrogen) atoms. The van der Waals surface area contributed by atoms with Crippen LogP contribution in [0.3, 0.4) is 0 Å². The Balaban J connectivity index is 2.05. The van der Waals surface area contributed by atoms with Gasteiger partial charge in [-0.1, -0.05) is 39.0 Å². The quantitative estimate of drug-likeness (QED) is 0.684. The molecule has 0 unspecified atom stereocenters. The lowest BCUT2D eigenvalue weighted by atomic mass is 10.1. The second-order valence-corrected chi connectivity index (χ2v) is 4.51. The van der Waals surface area contributed by atoms with Gasteiger partial charge in [0.25, 0.3) is 0 Å². The van der Waals surface area contributed by atoms with Gasteiger partial charge in [0.2, 0.25) is 5.95 Å². The maximum Gasteiger partial charge on any atom is 0.202 e. The summed E-state index contributed by atoms with van der Waals surface area (Å²) in [5, 5.41) is 3.38. The van der Waals surface area contributed by atoms with Gasteiger partial charge in [0.15, 0.2) is 0 Å². The second kappa shape index (κ2) is 7.31. The van der Waals surface area contributed by atoms with Crippen molar-refractivity contribution in [3.05, 3.63) is 11.9 Å². The Morgan fingerprint density at radius 1 is 1.19 bits per heavy atom. The summed E-state index contributed by atoms with van der Waals surface area (Å²) < 4.78 is 2.05. The Labute approximate surface area is 99.3 Å². The zero-order chi connectivity index (χ0) is 11.8. The van der Waals surface area contributed by atoms with Crippen LogP contribution in [0, 0.1) is 6.92 Å². The monoisotopic (exact) mass is 223 g/mol. The zero-order valence-corrected chi connectivity index (χ0v) is 10.9. The smallest absolute Gasteiger partial charge is 0.202 e. The molecule has 0 radical (unpaired) electrons. The van der Waals surface area contributed by atoms with Gasteiger partial charge in [-0.3, -0.25) is 0 Å². The molecule has 1 aromatic heterocycles. The number of nitrogens with one attached hydrogen (secondary N) is 1. The van der Waals surface area contributed by atoms with Gasteiger partial charge in [0.1, 0.15) is 0 Å². The third-order valence-electron chi connectivity index (χ3n) is 2.81. The molecule has 0 saturated carbocycles. The molecule has 0 aliphatic carbocycles. The van der Waals surface area contributed by atoms with Gasteiger partial charge in [-0.15, -0.1) is 0 Å². The average Bonchev–Trinajstić information content (AvgIpc) is 2.56. The molecule has 0 saturated heterocycles. The largest absolute Gasteiger partial charge is 0.356 e. The van der Waals surface area contributed by atoms with E-state index in [1.54, 1.807) is 0 Å². The zero-order valence-electron chi connectivity index (χ0n) is 10.9. The summed E-state index contributed by atoms with van der Waals surface area (Å²) in [6, 6.07) is 0. The Kier molecular flexibility index (Phi) is 5.98. The van der Waals surface area contributed by atoms with Crippen molar-refractivity contribution >= 4 is 5.95 Å². The average molecular weight is 223 g/mol. The summed E-state index contributed by atoms with van der Waals surface area (Å²) in [7, 11) is 2.03. The molecule has 0 aliphatic rings. The maximum atomic E-state index is 4.41. The van der Waals surface area contributed by atoms with Gasteiger partial charge < -0.3 is 9.88 Å². The highest BCUT2D eigenvalue weighted by molar-refractivity contribution is 5.27. The van der Waals surface area contributed by atoms with E-state index in [-0.39, 0.29) is 0 Å². The first-order valence-corrected chi connectivity index (χ1v) is 6.48. The SMILES string of the molecule is CCCCCCCCNc1nc(C)cn1C. The Bertz CT molecular complexity index is 291. The number of aryl methyl sites for hydroxylation is 2. The van der Waals surface area contributed by atoms with Gasteiger partial charge in [-0.25, -0.2) is 4.98 Å². The molecule has 0 spiro atoms. The summed E-state index contributed by atoms with van der Waals surface area (Å²) in [6.07, 6.45) is 10.1. The van der Waals surface area contributed by atoms with Crippen LogP contribution in [-0.2, 0) is 7.05 Å². The summed E-state index contributed by atoms with van der Waals surface area (Å²) in [5.41, 5.74) is 1.08. The molecule has 0 fully saturated rings. The van der Waals surface area contributed by atoms with E-state index in [9.17, 15) is 0 Å². The van der Waals surface area contributed by atoms with Crippen LogP contribution in [0.1, 0.15) is 51.1 Å². The molecular weight excluding hydrogens is 198 g/mol. The molecule has 3 nitrogen and oxygen atoms in total. The van der Waals surface area contributed by atoms with Gasteiger partial charge >= 0.3 is 0 Å². The van der Waals surface area contributed by atoms with E-state index in [0.29, 0.717) is 0 Å². The molecule has 0 atom stereocenters. The Hall–Kier alpha value is -0.990. The van der Waals surface area contributed by atoms with Crippen LogP contribution in [0.4, 0.5) is 5.95 Å². The number of nitrogens with zero attached hydrogens (tertiary/aromatic N) is 2. The first kappa shape index (κ1) is 13.1. The van der Waals surface area contributed by atoms with Crippen molar-refractivity contribution in [3.8, 4) is 0 Å². The van der Waals surface area contributed by atoms with E-state index < -0.39 is 0 Å².